The van der Waals surface area contributed by atoms with Crippen molar-refractivity contribution in [1.82, 2.24) is 15.0 Å². The molecular formula is C24H26ClN3O4. The monoisotopic (exact) mass is 455 g/mol. The van der Waals surface area contributed by atoms with Gasteiger partial charge in [-0.15, -0.1) is 0 Å². The van der Waals surface area contributed by atoms with Gasteiger partial charge in [0.2, 0.25) is 0 Å². The molecule has 0 N–H and O–H groups in total. The zero-order chi connectivity index (χ0) is 22.5. The Labute approximate surface area is 192 Å². The number of carbonyl (C=O) groups is 1. The third kappa shape index (κ3) is 5.23. The van der Waals surface area contributed by atoms with E-state index in [9.17, 15) is 4.79 Å². The van der Waals surface area contributed by atoms with Crippen molar-refractivity contribution in [2.45, 2.75) is 20.1 Å². The lowest BCUT2D eigenvalue weighted by Crippen LogP contribution is -2.48. The maximum Gasteiger partial charge on any atom is 0.276 e. The van der Waals surface area contributed by atoms with E-state index in [0.717, 1.165) is 25.4 Å². The third-order valence-electron chi connectivity index (χ3n) is 5.58. The Morgan fingerprint density at radius 3 is 2.56 bits per heavy atom. The van der Waals surface area contributed by atoms with Gasteiger partial charge in [-0.25, -0.2) is 0 Å². The lowest BCUT2D eigenvalue weighted by Gasteiger charge is -2.34. The van der Waals surface area contributed by atoms with E-state index in [2.05, 4.69) is 16.1 Å². The van der Waals surface area contributed by atoms with Crippen LogP contribution in [0.1, 0.15) is 27.4 Å². The minimum atomic E-state index is -0.127. The third-order valence-corrected chi connectivity index (χ3v) is 5.84. The summed E-state index contributed by atoms with van der Waals surface area (Å²) >= 11 is 5.92. The average Bonchev–Trinajstić information content (AvgIpc) is 3.19. The SMILES string of the molecule is COc1cccc(CN2CCN(C(=O)c3noc(C)c3COc3ccc(Cl)cc3)CC2)c1. The molecule has 7 nitrogen and oxygen atoms in total. The number of hydrogen-bond acceptors (Lipinski definition) is 6. The predicted molar refractivity (Wildman–Crippen MR) is 121 cm³/mol. The summed E-state index contributed by atoms with van der Waals surface area (Å²) in [7, 11) is 1.67. The first-order valence-electron chi connectivity index (χ1n) is 10.5. The molecule has 8 heteroatoms. The second kappa shape index (κ2) is 10.1. The summed E-state index contributed by atoms with van der Waals surface area (Å²) in [4.78, 5) is 17.3. The molecule has 0 atom stereocenters. The van der Waals surface area contributed by atoms with Crippen molar-refractivity contribution in [3.8, 4) is 11.5 Å². The van der Waals surface area contributed by atoms with Crippen LogP contribution in [0.5, 0.6) is 11.5 Å². The molecule has 3 aromatic rings. The van der Waals surface area contributed by atoms with Crippen LogP contribution in [0.2, 0.25) is 5.02 Å². The molecule has 2 heterocycles. The molecule has 0 unspecified atom stereocenters. The number of carbonyl (C=O) groups excluding carboxylic acids is 1. The minimum absolute atomic E-state index is 0.127. The number of aromatic nitrogens is 1. The lowest BCUT2D eigenvalue weighted by molar-refractivity contribution is 0.0616. The first-order chi connectivity index (χ1) is 15.5. The Hall–Kier alpha value is -3.03. The van der Waals surface area contributed by atoms with E-state index in [1.807, 2.05) is 23.1 Å². The Bertz CT molecular complexity index is 1060. The fraction of sp³-hybridized carbons (Fsp3) is 0.333. The van der Waals surface area contributed by atoms with Gasteiger partial charge in [-0.1, -0.05) is 28.9 Å². The fourth-order valence-corrected chi connectivity index (χ4v) is 3.83. The minimum Gasteiger partial charge on any atom is -0.497 e. The molecule has 0 radical (unpaired) electrons. The van der Waals surface area contributed by atoms with Crippen molar-refractivity contribution in [1.29, 1.82) is 0 Å². The maximum atomic E-state index is 13.1. The largest absolute Gasteiger partial charge is 0.497 e. The smallest absolute Gasteiger partial charge is 0.276 e. The Balaban J connectivity index is 1.35. The quantitative estimate of drug-likeness (QED) is 0.532. The van der Waals surface area contributed by atoms with Gasteiger partial charge in [0.1, 0.15) is 23.9 Å². The summed E-state index contributed by atoms with van der Waals surface area (Å²) in [6.07, 6.45) is 0. The normalized spacial score (nSPS) is 14.4. The second-order valence-corrected chi connectivity index (χ2v) is 8.16. The van der Waals surface area contributed by atoms with Gasteiger partial charge in [0.25, 0.3) is 5.91 Å². The van der Waals surface area contributed by atoms with E-state index in [1.165, 1.54) is 5.56 Å². The first kappa shape index (κ1) is 22.2. The van der Waals surface area contributed by atoms with Crippen LogP contribution >= 0.6 is 11.6 Å². The number of piperazine rings is 1. The molecule has 1 aliphatic rings. The molecule has 0 saturated carbocycles. The molecule has 0 bridgehead atoms. The average molecular weight is 456 g/mol. The molecular weight excluding hydrogens is 430 g/mol. The number of benzene rings is 2. The molecule has 168 valence electrons. The van der Waals surface area contributed by atoms with Gasteiger partial charge >= 0.3 is 0 Å². The van der Waals surface area contributed by atoms with Crippen LogP contribution in [-0.2, 0) is 13.2 Å². The van der Waals surface area contributed by atoms with Crippen molar-refractivity contribution in [2.24, 2.45) is 0 Å². The summed E-state index contributed by atoms with van der Waals surface area (Å²) in [6.45, 7) is 5.65. The fourth-order valence-electron chi connectivity index (χ4n) is 3.70. The highest BCUT2D eigenvalue weighted by molar-refractivity contribution is 6.30. The Morgan fingerprint density at radius 2 is 1.84 bits per heavy atom. The van der Waals surface area contributed by atoms with Gasteiger partial charge in [0.05, 0.1) is 12.7 Å². The number of amides is 1. The van der Waals surface area contributed by atoms with Crippen LogP contribution in [0, 0.1) is 6.92 Å². The summed E-state index contributed by atoms with van der Waals surface area (Å²) in [5.41, 5.74) is 2.18. The molecule has 1 aliphatic heterocycles. The molecule has 0 aliphatic carbocycles. The van der Waals surface area contributed by atoms with Gasteiger partial charge in [-0.3, -0.25) is 9.69 Å². The van der Waals surface area contributed by atoms with Crippen molar-refractivity contribution >= 4 is 17.5 Å². The van der Waals surface area contributed by atoms with E-state index in [4.69, 9.17) is 25.6 Å². The van der Waals surface area contributed by atoms with E-state index in [1.54, 1.807) is 38.3 Å². The maximum absolute atomic E-state index is 13.1. The van der Waals surface area contributed by atoms with Crippen molar-refractivity contribution < 1.29 is 18.8 Å². The summed E-state index contributed by atoms with van der Waals surface area (Å²) < 4.78 is 16.4. The van der Waals surface area contributed by atoms with Crippen LogP contribution in [0.25, 0.3) is 0 Å². The first-order valence-corrected chi connectivity index (χ1v) is 10.9. The number of rotatable bonds is 7. The van der Waals surface area contributed by atoms with E-state index in [0.29, 0.717) is 40.9 Å². The van der Waals surface area contributed by atoms with Crippen LogP contribution in [0.15, 0.2) is 53.1 Å². The number of ether oxygens (including phenoxy) is 2. The van der Waals surface area contributed by atoms with E-state index in [-0.39, 0.29) is 12.5 Å². The summed E-state index contributed by atoms with van der Waals surface area (Å²) in [5.74, 6) is 1.97. The standard InChI is InChI=1S/C24H26ClN3O4/c1-17-22(16-31-20-8-6-19(25)7-9-20)23(26-32-17)24(29)28-12-10-27(11-13-28)15-18-4-3-5-21(14-18)30-2/h3-9,14H,10-13,15-16H2,1-2H3. The summed E-state index contributed by atoms with van der Waals surface area (Å²) in [5, 5.41) is 4.67. The Kier molecular flexibility index (Phi) is 6.97. The number of hydrogen-bond donors (Lipinski definition) is 0. The molecule has 0 spiro atoms. The van der Waals surface area contributed by atoms with Gasteiger partial charge in [-0.05, 0) is 48.9 Å². The van der Waals surface area contributed by atoms with Crippen LogP contribution < -0.4 is 9.47 Å². The van der Waals surface area contributed by atoms with E-state index >= 15 is 0 Å². The van der Waals surface area contributed by atoms with Crippen molar-refractivity contribution in [3.63, 3.8) is 0 Å². The zero-order valence-corrected chi connectivity index (χ0v) is 19.0. The number of halogens is 1. The molecule has 1 aromatic heterocycles. The van der Waals surface area contributed by atoms with Gasteiger partial charge in [0, 0.05) is 37.7 Å². The highest BCUT2D eigenvalue weighted by Gasteiger charge is 2.28. The van der Waals surface area contributed by atoms with Crippen molar-refractivity contribution in [2.75, 3.05) is 33.3 Å². The number of aryl methyl sites for hydroxylation is 1. The van der Waals surface area contributed by atoms with Crippen LogP contribution in [0.4, 0.5) is 0 Å². The van der Waals surface area contributed by atoms with Crippen molar-refractivity contribution in [3.05, 3.63) is 76.1 Å². The molecule has 32 heavy (non-hydrogen) atoms. The number of methoxy groups -OCH3 is 1. The van der Waals surface area contributed by atoms with E-state index < -0.39 is 0 Å². The molecule has 1 amide bonds. The second-order valence-electron chi connectivity index (χ2n) is 7.73. The van der Waals surface area contributed by atoms with Gasteiger partial charge < -0.3 is 18.9 Å². The van der Waals surface area contributed by atoms with Crippen LogP contribution in [0.3, 0.4) is 0 Å². The predicted octanol–water partition coefficient (Wildman–Crippen LogP) is 4.18. The topological polar surface area (TPSA) is 68.0 Å². The number of nitrogens with zero attached hydrogens (tertiary/aromatic N) is 3. The van der Waals surface area contributed by atoms with Crippen LogP contribution in [-0.4, -0.2) is 54.2 Å². The zero-order valence-electron chi connectivity index (χ0n) is 18.2. The molecule has 2 aromatic carbocycles. The highest BCUT2D eigenvalue weighted by Crippen LogP contribution is 2.22. The van der Waals surface area contributed by atoms with Gasteiger partial charge in [0.15, 0.2) is 5.69 Å². The lowest BCUT2D eigenvalue weighted by atomic mass is 10.1. The molecule has 4 rings (SSSR count). The highest BCUT2D eigenvalue weighted by atomic mass is 35.5. The summed E-state index contributed by atoms with van der Waals surface area (Å²) in [6, 6.07) is 15.2. The molecule has 1 saturated heterocycles. The van der Waals surface area contributed by atoms with Gasteiger partial charge in [-0.2, -0.15) is 0 Å². The Morgan fingerprint density at radius 1 is 1.09 bits per heavy atom. The molecule has 1 fully saturated rings.